The van der Waals surface area contributed by atoms with Crippen LogP contribution in [0, 0.1) is 6.92 Å². The Balaban J connectivity index is 2.17. The van der Waals surface area contributed by atoms with Crippen molar-refractivity contribution < 1.29 is 4.79 Å². The fourth-order valence-corrected chi connectivity index (χ4v) is 1.83. The molecule has 2 rings (SSSR count). The number of halogens is 1. The van der Waals surface area contributed by atoms with E-state index in [1.165, 1.54) is 5.56 Å². The van der Waals surface area contributed by atoms with Gasteiger partial charge in [0.15, 0.2) is 5.78 Å². The lowest BCUT2D eigenvalue weighted by atomic mass is 10.1. The van der Waals surface area contributed by atoms with Gasteiger partial charge in [-0.3, -0.25) is 4.79 Å². The van der Waals surface area contributed by atoms with Gasteiger partial charge < -0.3 is 0 Å². The number of rotatable bonds is 3. The van der Waals surface area contributed by atoms with Crippen LogP contribution in [-0.2, 0) is 0 Å². The molecule has 0 aliphatic rings. The summed E-state index contributed by atoms with van der Waals surface area (Å²) < 4.78 is 0. The van der Waals surface area contributed by atoms with E-state index in [4.69, 9.17) is 11.6 Å². The molecule has 0 atom stereocenters. The maximum atomic E-state index is 11.9. The van der Waals surface area contributed by atoms with Crippen LogP contribution < -0.4 is 0 Å². The first kappa shape index (κ1) is 12.6. The van der Waals surface area contributed by atoms with E-state index < -0.39 is 0 Å². The average Bonchev–Trinajstić information content (AvgIpc) is 2.38. The summed E-state index contributed by atoms with van der Waals surface area (Å²) in [5.74, 6) is -0.0822. The molecule has 0 aromatic heterocycles. The second kappa shape index (κ2) is 5.65. The van der Waals surface area contributed by atoms with Gasteiger partial charge in [-0.25, -0.2) is 0 Å². The highest BCUT2D eigenvalue weighted by molar-refractivity contribution is 6.34. The van der Waals surface area contributed by atoms with Crippen molar-refractivity contribution in [2.45, 2.75) is 6.92 Å². The molecule has 0 N–H and O–H groups in total. The summed E-state index contributed by atoms with van der Waals surface area (Å²) in [4.78, 5) is 11.9. The topological polar surface area (TPSA) is 17.1 Å². The maximum Gasteiger partial charge on any atom is 0.187 e. The lowest BCUT2D eigenvalue weighted by molar-refractivity contribution is 0.104. The molecule has 0 radical (unpaired) electrons. The fraction of sp³-hybridized carbons (Fsp3) is 0.0625. The Hall–Kier alpha value is -1.86. The molecule has 0 unspecified atom stereocenters. The molecule has 0 saturated heterocycles. The number of ketones is 1. The van der Waals surface area contributed by atoms with E-state index in [1.807, 2.05) is 37.3 Å². The maximum absolute atomic E-state index is 11.9. The van der Waals surface area contributed by atoms with Crippen LogP contribution in [-0.4, -0.2) is 5.78 Å². The third-order valence-corrected chi connectivity index (χ3v) is 2.97. The van der Waals surface area contributed by atoms with Gasteiger partial charge in [0.2, 0.25) is 0 Å². The Morgan fingerprint density at radius 3 is 2.39 bits per heavy atom. The van der Waals surface area contributed by atoms with Crippen LogP contribution >= 0.6 is 11.6 Å². The minimum absolute atomic E-state index is 0.0822. The van der Waals surface area contributed by atoms with Crippen LogP contribution in [0.2, 0.25) is 5.02 Å². The van der Waals surface area contributed by atoms with Gasteiger partial charge in [-0.1, -0.05) is 59.6 Å². The number of carbonyl (C=O) groups excluding carboxylic acids is 1. The quantitative estimate of drug-likeness (QED) is 0.582. The zero-order chi connectivity index (χ0) is 13.0. The molecular weight excluding hydrogens is 244 g/mol. The molecule has 2 aromatic carbocycles. The zero-order valence-corrected chi connectivity index (χ0v) is 10.8. The Labute approximate surface area is 112 Å². The summed E-state index contributed by atoms with van der Waals surface area (Å²) in [6.07, 6.45) is 3.34. The van der Waals surface area contributed by atoms with Crippen molar-refractivity contribution in [3.8, 4) is 0 Å². The van der Waals surface area contributed by atoms with E-state index >= 15 is 0 Å². The second-order valence-electron chi connectivity index (χ2n) is 4.09. The van der Waals surface area contributed by atoms with E-state index in [2.05, 4.69) is 0 Å². The van der Waals surface area contributed by atoms with Gasteiger partial charge in [-0.15, -0.1) is 0 Å². The fourth-order valence-electron chi connectivity index (χ4n) is 1.60. The highest BCUT2D eigenvalue weighted by atomic mass is 35.5. The first-order valence-electron chi connectivity index (χ1n) is 5.70. The Kier molecular flexibility index (Phi) is 3.96. The molecular formula is C16H13ClO. The molecule has 90 valence electrons. The minimum Gasteiger partial charge on any atom is -0.289 e. The third kappa shape index (κ3) is 3.08. The molecule has 2 heteroatoms. The van der Waals surface area contributed by atoms with E-state index in [0.29, 0.717) is 10.6 Å². The molecule has 2 aromatic rings. The highest BCUT2D eigenvalue weighted by Gasteiger charge is 2.05. The number of allylic oxidation sites excluding steroid dienone is 1. The monoisotopic (exact) mass is 256 g/mol. The van der Waals surface area contributed by atoms with Crippen molar-refractivity contribution >= 4 is 23.5 Å². The summed E-state index contributed by atoms with van der Waals surface area (Å²) in [7, 11) is 0. The number of carbonyl (C=O) groups is 1. The molecule has 0 bridgehead atoms. The number of hydrogen-bond donors (Lipinski definition) is 0. The predicted molar refractivity (Wildman–Crippen MR) is 76.0 cm³/mol. The van der Waals surface area contributed by atoms with Crippen molar-refractivity contribution in [1.82, 2.24) is 0 Å². The molecule has 0 spiro atoms. The molecule has 0 aliphatic carbocycles. The Morgan fingerprint density at radius 2 is 1.72 bits per heavy atom. The lowest BCUT2D eigenvalue weighted by Gasteiger charge is -1.98. The molecule has 0 fully saturated rings. The Bertz CT molecular complexity index is 582. The second-order valence-corrected chi connectivity index (χ2v) is 4.50. The van der Waals surface area contributed by atoms with Crippen LogP contribution in [0.4, 0.5) is 0 Å². The van der Waals surface area contributed by atoms with Crippen LogP contribution in [0.15, 0.2) is 54.6 Å². The smallest absolute Gasteiger partial charge is 0.187 e. The lowest BCUT2D eigenvalue weighted by Crippen LogP contribution is -1.94. The summed E-state index contributed by atoms with van der Waals surface area (Å²) in [6, 6.07) is 15.0. The van der Waals surface area contributed by atoms with Crippen molar-refractivity contribution in [1.29, 1.82) is 0 Å². The molecule has 0 aliphatic heterocycles. The van der Waals surface area contributed by atoms with Gasteiger partial charge in [0.05, 0.1) is 5.02 Å². The van der Waals surface area contributed by atoms with Crippen molar-refractivity contribution in [2.24, 2.45) is 0 Å². The zero-order valence-electron chi connectivity index (χ0n) is 10.1. The third-order valence-electron chi connectivity index (χ3n) is 2.64. The highest BCUT2D eigenvalue weighted by Crippen LogP contribution is 2.16. The summed E-state index contributed by atoms with van der Waals surface area (Å²) in [6.45, 7) is 2.03. The number of benzene rings is 2. The molecule has 0 saturated carbocycles. The van der Waals surface area contributed by atoms with Gasteiger partial charge in [-0.2, -0.15) is 0 Å². The predicted octanol–water partition coefficient (Wildman–Crippen LogP) is 4.54. The van der Waals surface area contributed by atoms with Crippen molar-refractivity contribution in [3.63, 3.8) is 0 Å². The van der Waals surface area contributed by atoms with Gasteiger partial charge >= 0.3 is 0 Å². The molecule has 18 heavy (non-hydrogen) atoms. The van der Waals surface area contributed by atoms with Gasteiger partial charge in [0.25, 0.3) is 0 Å². The van der Waals surface area contributed by atoms with Crippen LogP contribution in [0.5, 0.6) is 0 Å². The minimum atomic E-state index is -0.0822. The summed E-state index contributed by atoms with van der Waals surface area (Å²) >= 11 is 5.97. The molecule has 0 amide bonds. The van der Waals surface area contributed by atoms with Gasteiger partial charge in [-0.05, 0) is 30.7 Å². The Morgan fingerprint density at radius 1 is 1.06 bits per heavy atom. The normalized spacial score (nSPS) is 10.8. The van der Waals surface area contributed by atoms with E-state index in [0.717, 1.165) is 5.56 Å². The largest absolute Gasteiger partial charge is 0.289 e. The van der Waals surface area contributed by atoms with Crippen LogP contribution in [0.3, 0.4) is 0 Å². The van der Waals surface area contributed by atoms with Gasteiger partial charge in [0, 0.05) is 5.56 Å². The summed E-state index contributed by atoms with van der Waals surface area (Å²) in [5, 5.41) is 0.482. The van der Waals surface area contributed by atoms with E-state index in [1.54, 1.807) is 30.4 Å². The van der Waals surface area contributed by atoms with Crippen LogP contribution in [0.25, 0.3) is 6.08 Å². The van der Waals surface area contributed by atoms with Crippen molar-refractivity contribution in [2.75, 3.05) is 0 Å². The van der Waals surface area contributed by atoms with E-state index in [-0.39, 0.29) is 5.78 Å². The first-order chi connectivity index (χ1) is 8.66. The molecule has 0 heterocycles. The number of aryl methyl sites for hydroxylation is 1. The number of hydrogen-bond acceptors (Lipinski definition) is 1. The van der Waals surface area contributed by atoms with Crippen molar-refractivity contribution in [3.05, 3.63) is 76.3 Å². The SMILES string of the molecule is Cc1ccc(/C=C/C(=O)c2ccccc2Cl)cc1. The van der Waals surface area contributed by atoms with Gasteiger partial charge in [0.1, 0.15) is 0 Å². The average molecular weight is 257 g/mol. The van der Waals surface area contributed by atoms with E-state index in [9.17, 15) is 4.79 Å². The summed E-state index contributed by atoms with van der Waals surface area (Å²) in [5.41, 5.74) is 2.73. The molecule has 1 nitrogen and oxygen atoms in total. The first-order valence-corrected chi connectivity index (χ1v) is 6.08. The van der Waals surface area contributed by atoms with Crippen LogP contribution in [0.1, 0.15) is 21.5 Å². The standard InChI is InChI=1S/C16H13ClO/c1-12-6-8-13(9-7-12)10-11-16(18)14-4-2-3-5-15(14)17/h2-11H,1H3/b11-10+.